The maximum Gasteiger partial charge on any atom is 0.0239 e. The molecule has 1 nitrogen and oxygen atoms in total. The van der Waals surface area contributed by atoms with E-state index < -0.39 is 0 Å². The van der Waals surface area contributed by atoms with E-state index in [2.05, 4.69) is 74.5 Å². The molecule has 1 aromatic heterocycles. The Balaban J connectivity index is 0.00000146. The first-order valence-corrected chi connectivity index (χ1v) is 8.00. The van der Waals surface area contributed by atoms with Crippen molar-refractivity contribution in [2.45, 2.75) is 19.3 Å². The van der Waals surface area contributed by atoms with Crippen molar-refractivity contribution in [1.29, 1.82) is 0 Å². The van der Waals surface area contributed by atoms with Gasteiger partial charge in [0.1, 0.15) is 0 Å². The van der Waals surface area contributed by atoms with Gasteiger partial charge in [-0.05, 0) is 21.9 Å². The van der Waals surface area contributed by atoms with Gasteiger partial charge < -0.3 is 4.98 Å². The number of hydrogen-bond donors (Lipinski definition) is 0. The molecule has 1 aliphatic rings. The number of nitrogens with zero attached hydrogens (tertiary/aromatic N) is 1. The van der Waals surface area contributed by atoms with Crippen LogP contribution in [0.1, 0.15) is 25.0 Å². The molecular weight excluding hydrogens is 470 g/mol. The standard InChI is InChI=1S/C22H16N.Ir/c1-22(2)19-16-9-5-3-7-14(16)11-12-18(19)21-20(22)17-10-6-4-8-15(17)13-23-21;/h3-11,13H,1-2H3;/q-1;. The minimum atomic E-state index is -0.0735. The van der Waals surface area contributed by atoms with E-state index >= 15 is 0 Å². The van der Waals surface area contributed by atoms with Crippen LogP contribution >= 0.6 is 0 Å². The molecule has 5 rings (SSSR count). The van der Waals surface area contributed by atoms with Gasteiger partial charge in [-0.3, -0.25) is 0 Å². The Kier molecular flexibility index (Phi) is 3.38. The van der Waals surface area contributed by atoms with Gasteiger partial charge >= 0.3 is 0 Å². The first kappa shape index (κ1) is 15.5. The molecule has 2 heteroatoms. The third kappa shape index (κ3) is 1.87. The van der Waals surface area contributed by atoms with E-state index in [0.717, 1.165) is 11.3 Å². The van der Waals surface area contributed by atoms with E-state index in [1.165, 1.54) is 32.7 Å². The first-order chi connectivity index (χ1) is 11.2. The van der Waals surface area contributed by atoms with Gasteiger partial charge in [-0.2, -0.15) is 0 Å². The fourth-order valence-electron chi connectivity index (χ4n) is 4.15. The van der Waals surface area contributed by atoms with Crippen LogP contribution in [0.15, 0.2) is 60.8 Å². The SMILES string of the molecule is CC1(C)c2c([c-]cc3ccccc23)-c2ncc3ccccc3c21.[Ir]. The molecule has 0 saturated carbocycles. The summed E-state index contributed by atoms with van der Waals surface area (Å²) in [7, 11) is 0. The van der Waals surface area contributed by atoms with Crippen molar-refractivity contribution in [3.63, 3.8) is 0 Å². The average molecular weight is 487 g/mol. The van der Waals surface area contributed by atoms with Crippen molar-refractivity contribution in [3.8, 4) is 11.3 Å². The smallest absolute Gasteiger partial charge is 0.0239 e. The molecule has 0 saturated heterocycles. The van der Waals surface area contributed by atoms with Crippen LogP contribution in [-0.2, 0) is 25.5 Å². The van der Waals surface area contributed by atoms with Gasteiger partial charge in [0.15, 0.2) is 0 Å². The second-order valence-corrected chi connectivity index (χ2v) is 6.82. The summed E-state index contributed by atoms with van der Waals surface area (Å²) in [6, 6.07) is 22.7. The molecule has 0 unspecified atom stereocenters. The van der Waals surface area contributed by atoms with Gasteiger partial charge in [0.25, 0.3) is 0 Å². The molecule has 0 fully saturated rings. The van der Waals surface area contributed by atoms with Gasteiger partial charge in [0.2, 0.25) is 0 Å². The predicted molar refractivity (Wildman–Crippen MR) is 95.6 cm³/mol. The van der Waals surface area contributed by atoms with Crippen LogP contribution in [0.3, 0.4) is 0 Å². The van der Waals surface area contributed by atoms with Crippen molar-refractivity contribution >= 4 is 21.5 Å². The number of pyridine rings is 1. The summed E-state index contributed by atoms with van der Waals surface area (Å²) in [5.74, 6) is 0. The summed E-state index contributed by atoms with van der Waals surface area (Å²) in [4.78, 5) is 4.80. The Hall–Kier alpha value is -2.02. The van der Waals surface area contributed by atoms with Crippen molar-refractivity contribution in [2.75, 3.05) is 0 Å². The van der Waals surface area contributed by atoms with Crippen LogP contribution in [0.4, 0.5) is 0 Å². The van der Waals surface area contributed by atoms with E-state index in [1.54, 1.807) is 0 Å². The fourth-order valence-corrected chi connectivity index (χ4v) is 4.15. The third-order valence-corrected chi connectivity index (χ3v) is 5.14. The largest absolute Gasteiger partial charge is 0.304 e. The third-order valence-electron chi connectivity index (χ3n) is 5.14. The molecule has 0 N–H and O–H groups in total. The second-order valence-electron chi connectivity index (χ2n) is 6.82. The Morgan fingerprint density at radius 2 is 1.46 bits per heavy atom. The quantitative estimate of drug-likeness (QED) is 0.300. The molecule has 0 aliphatic heterocycles. The van der Waals surface area contributed by atoms with Crippen LogP contribution < -0.4 is 0 Å². The van der Waals surface area contributed by atoms with E-state index in [1.807, 2.05) is 6.20 Å². The van der Waals surface area contributed by atoms with Crippen molar-refractivity contribution < 1.29 is 20.1 Å². The molecule has 0 bridgehead atoms. The molecule has 24 heavy (non-hydrogen) atoms. The van der Waals surface area contributed by atoms with E-state index in [9.17, 15) is 0 Å². The number of fused-ring (bicyclic) bond motifs is 7. The van der Waals surface area contributed by atoms with E-state index in [0.29, 0.717) is 0 Å². The summed E-state index contributed by atoms with van der Waals surface area (Å²) in [5.41, 5.74) is 4.87. The molecule has 1 radical (unpaired) electrons. The van der Waals surface area contributed by atoms with Crippen LogP contribution in [0.2, 0.25) is 0 Å². The summed E-state index contributed by atoms with van der Waals surface area (Å²) in [6.45, 7) is 4.62. The number of aromatic nitrogens is 1. The second kappa shape index (κ2) is 5.24. The summed E-state index contributed by atoms with van der Waals surface area (Å²) >= 11 is 0. The molecule has 1 aliphatic carbocycles. The molecule has 1 heterocycles. The zero-order chi connectivity index (χ0) is 15.6. The Morgan fingerprint density at radius 3 is 2.21 bits per heavy atom. The minimum absolute atomic E-state index is 0. The zero-order valence-corrected chi connectivity index (χ0v) is 15.9. The Morgan fingerprint density at radius 1 is 0.833 bits per heavy atom. The maximum atomic E-state index is 4.80. The van der Waals surface area contributed by atoms with Crippen LogP contribution in [0.25, 0.3) is 32.8 Å². The minimum Gasteiger partial charge on any atom is -0.304 e. The fraction of sp³-hybridized carbons (Fsp3) is 0.136. The maximum absolute atomic E-state index is 4.80. The van der Waals surface area contributed by atoms with Crippen LogP contribution in [-0.4, -0.2) is 4.98 Å². The molecule has 0 atom stereocenters. The van der Waals surface area contributed by atoms with Gasteiger partial charge in [0, 0.05) is 26.3 Å². The molecule has 3 aromatic carbocycles. The first-order valence-electron chi connectivity index (χ1n) is 8.00. The number of benzene rings is 3. The molecule has 0 amide bonds. The van der Waals surface area contributed by atoms with Crippen molar-refractivity contribution in [2.24, 2.45) is 0 Å². The normalized spacial score (nSPS) is 14.2. The number of rotatable bonds is 0. The summed E-state index contributed by atoms with van der Waals surface area (Å²) in [6.07, 6.45) is 1.99. The monoisotopic (exact) mass is 487 g/mol. The van der Waals surface area contributed by atoms with Gasteiger partial charge in [-0.15, -0.1) is 23.3 Å². The predicted octanol–water partition coefficient (Wildman–Crippen LogP) is 5.49. The van der Waals surface area contributed by atoms with E-state index in [-0.39, 0.29) is 25.5 Å². The summed E-state index contributed by atoms with van der Waals surface area (Å²) in [5, 5.41) is 5.07. The van der Waals surface area contributed by atoms with Gasteiger partial charge in [-0.1, -0.05) is 78.7 Å². The van der Waals surface area contributed by atoms with Gasteiger partial charge in [-0.25, -0.2) is 0 Å². The molecule has 0 spiro atoms. The van der Waals surface area contributed by atoms with Crippen molar-refractivity contribution in [3.05, 3.63) is 78.0 Å². The average Bonchev–Trinajstić information content (AvgIpc) is 2.83. The molecule has 119 valence electrons. The van der Waals surface area contributed by atoms with Crippen LogP contribution in [0.5, 0.6) is 0 Å². The molecule has 4 aromatic rings. The molecular formula is C22H16IrN-. The van der Waals surface area contributed by atoms with Gasteiger partial charge in [0.05, 0.1) is 0 Å². The topological polar surface area (TPSA) is 12.9 Å². The Labute approximate surface area is 155 Å². The Bertz CT molecular complexity index is 1010. The van der Waals surface area contributed by atoms with E-state index in [4.69, 9.17) is 4.98 Å². The van der Waals surface area contributed by atoms with Crippen LogP contribution in [0, 0.1) is 6.07 Å². The number of hydrogen-bond acceptors (Lipinski definition) is 1. The zero-order valence-electron chi connectivity index (χ0n) is 13.6. The summed E-state index contributed by atoms with van der Waals surface area (Å²) < 4.78 is 0. The van der Waals surface area contributed by atoms with Crippen molar-refractivity contribution in [1.82, 2.24) is 4.98 Å².